The summed E-state index contributed by atoms with van der Waals surface area (Å²) in [6.45, 7) is 2.56. The van der Waals surface area contributed by atoms with Gasteiger partial charge in [-0.3, -0.25) is 14.5 Å². The molecule has 160 valence electrons. The van der Waals surface area contributed by atoms with E-state index in [9.17, 15) is 9.59 Å². The second-order valence-corrected chi connectivity index (χ2v) is 8.09. The molecule has 1 N–H and O–H groups in total. The quantitative estimate of drug-likeness (QED) is 0.635. The summed E-state index contributed by atoms with van der Waals surface area (Å²) in [6, 6.07) is 14.4. The fraction of sp³-hybridized carbons (Fsp3) is 0.227. The van der Waals surface area contributed by atoms with E-state index in [1.54, 1.807) is 46.2 Å². The summed E-state index contributed by atoms with van der Waals surface area (Å²) in [6.07, 6.45) is 3.27. The van der Waals surface area contributed by atoms with Crippen LogP contribution in [0.4, 0.5) is 5.69 Å². The maximum Gasteiger partial charge on any atom is 0.257 e. The molecular weight excluding hydrogens is 437 g/mol. The Morgan fingerprint density at radius 3 is 2.52 bits per heavy atom. The van der Waals surface area contributed by atoms with Crippen LogP contribution in [0.25, 0.3) is 5.69 Å². The second-order valence-electron chi connectivity index (χ2n) is 7.25. The molecule has 7 nitrogen and oxygen atoms in total. The molecule has 2 aromatic carbocycles. The second kappa shape index (κ2) is 9.51. The summed E-state index contributed by atoms with van der Waals surface area (Å²) in [5, 5.41) is 8.22. The van der Waals surface area contributed by atoms with E-state index >= 15 is 0 Å². The smallest absolute Gasteiger partial charge is 0.257 e. The molecule has 3 aromatic rings. The van der Waals surface area contributed by atoms with Gasteiger partial charge in [0.05, 0.1) is 34.7 Å². The van der Waals surface area contributed by atoms with Gasteiger partial charge in [-0.2, -0.15) is 5.10 Å². The van der Waals surface area contributed by atoms with E-state index in [1.807, 2.05) is 29.2 Å². The largest absolute Gasteiger partial charge is 0.336 e. The molecule has 0 bridgehead atoms. The molecule has 0 unspecified atom stereocenters. The van der Waals surface area contributed by atoms with Crippen LogP contribution in [0.3, 0.4) is 0 Å². The number of nitrogens with one attached hydrogen (secondary N) is 1. The lowest BCUT2D eigenvalue weighted by Crippen LogP contribution is -2.50. The first-order valence-corrected chi connectivity index (χ1v) is 10.6. The van der Waals surface area contributed by atoms with Crippen LogP contribution < -0.4 is 5.32 Å². The van der Waals surface area contributed by atoms with Gasteiger partial charge in [-0.1, -0.05) is 41.4 Å². The van der Waals surface area contributed by atoms with Crippen LogP contribution in [-0.4, -0.2) is 64.1 Å². The number of hydrogen-bond acceptors (Lipinski definition) is 4. The molecule has 2 heterocycles. The Labute approximate surface area is 190 Å². The Bertz CT molecular complexity index is 1090. The van der Waals surface area contributed by atoms with Crippen LogP contribution in [0.15, 0.2) is 60.9 Å². The third kappa shape index (κ3) is 5.25. The number of amides is 2. The number of para-hydroxylation sites is 1. The lowest BCUT2D eigenvalue weighted by atomic mass is 10.2. The molecule has 1 aromatic heterocycles. The highest BCUT2D eigenvalue weighted by atomic mass is 35.5. The summed E-state index contributed by atoms with van der Waals surface area (Å²) in [7, 11) is 0. The van der Waals surface area contributed by atoms with Gasteiger partial charge >= 0.3 is 0 Å². The molecule has 1 aliphatic rings. The zero-order valence-electron chi connectivity index (χ0n) is 16.7. The van der Waals surface area contributed by atoms with E-state index in [-0.39, 0.29) is 18.4 Å². The fourth-order valence-corrected chi connectivity index (χ4v) is 3.81. The zero-order valence-corrected chi connectivity index (χ0v) is 18.2. The zero-order chi connectivity index (χ0) is 21.8. The summed E-state index contributed by atoms with van der Waals surface area (Å²) in [4.78, 5) is 29.0. The summed E-state index contributed by atoms with van der Waals surface area (Å²) >= 11 is 12.1. The average molecular weight is 458 g/mol. The number of benzene rings is 2. The van der Waals surface area contributed by atoms with Crippen LogP contribution in [0.5, 0.6) is 0 Å². The Morgan fingerprint density at radius 1 is 1.00 bits per heavy atom. The molecule has 0 spiro atoms. The third-order valence-electron chi connectivity index (χ3n) is 5.08. The van der Waals surface area contributed by atoms with Gasteiger partial charge in [0, 0.05) is 37.4 Å². The highest BCUT2D eigenvalue weighted by Crippen LogP contribution is 2.20. The van der Waals surface area contributed by atoms with Crippen molar-refractivity contribution in [2.45, 2.75) is 0 Å². The Morgan fingerprint density at radius 2 is 1.77 bits per heavy atom. The third-order valence-corrected chi connectivity index (χ3v) is 5.64. The van der Waals surface area contributed by atoms with Gasteiger partial charge in [-0.25, -0.2) is 4.68 Å². The van der Waals surface area contributed by atoms with Crippen molar-refractivity contribution in [1.29, 1.82) is 0 Å². The van der Waals surface area contributed by atoms with Crippen molar-refractivity contribution in [2.75, 3.05) is 38.0 Å². The van der Waals surface area contributed by atoms with Gasteiger partial charge in [0.1, 0.15) is 0 Å². The number of anilines is 1. The molecule has 0 saturated carbocycles. The van der Waals surface area contributed by atoms with E-state index in [4.69, 9.17) is 23.2 Å². The number of hydrogen-bond donors (Lipinski definition) is 1. The normalized spacial score (nSPS) is 14.5. The topological polar surface area (TPSA) is 70.5 Å². The number of carbonyl (C=O) groups excluding carboxylic acids is 2. The highest BCUT2D eigenvalue weighted by Gasteiger charge is 2.24. The van der Waals surface area contributed by atoms with Gasteiger partial charge in [0.25, 0.3) is 5.91 Å². The van der Waals surface area contributed by atoms with E-state index in [2.05, 4.69) is 10.4 Å². The number of carbonyl (C=O) groups is 2. The van der Waals surface area contributed by atoms with Crippen LogP contribution >= 0.6 is 23.2 Å². The van der Waals surface area contributed by atoms with Gasteiger partial charge in [0.2, 0.25) is 5.91 Å². The minimum atomic E-state index is -0.129. The first-order chi connectivity index (χ1) is 15.0. The fourth-order valence-electron chi connectivity index (χ4n) is 3.44. The van der Waals surface area contributed by atoms with Crippen molar-refractivity contribution < 1.29 is 9.59 Å². The maximum absolute atomic E-state index is 12.9. The molecule has 0 aliphatic carbocycles. The monoisotopic (exact) mass is 457 g/mol. The predicted octanol–water partition coefficient (Wildman–Crippen LogP) is 3.58. The van der Waals surface area contributed by atoms with Gasteiger partial charge < -0.3 is 10.2 Å². The molecule has 1 saturated heterocycles. The number of halogens is 2. The van der Waals surface area contributed by atoms with Gasteiger partial charge in [0.15, 0.2) is 0 Å². The lowest BCUT2D eigenvalue weighted by molar-refractivity contribution is -0.117. The molecule has 4 rings (SSSR count). The highest BCUT2D eigenvalue weighted by molar-refractivity contribution is 6.33. The van der Waals surface area contributed by atoms with Crippen LogP contribution in [0.1, 0.15) is 10.4 Å². The maximum atomic E-state index is 12.9. The number of piperazine rings is 1. The Balaban J connectivity index is 1.30. The first kappa shape index (κ1) is 21.4. The van der Waals surface area contributed by atoms with E-state index in [0.29, 0.717) is 47.5 Å². The van der Waals surface area contributed by atoms with E-state index < -0.39 is 0 Å². The van der Waals surface area contributed by atoms with Gasteiger partial charge in [-0.15, -0.1) is 0 Å². The molecule has 1 fully saturated rings. The minimum Gasteiger partial charge on any atom is -0.336 e. The van der Waals surface area contributed by atoms with Crippen LogP contribution in [0.2, 0.25) is 10.0 Å². The molecule has 0 atom stereocenters. The average Bonchev–Trinajstić information content (AvgIpc) is 3.26. The predicted molar refractivity (Wildman–Crippen MR) is 121 cm³/mol. The number of aromatic nitrogens is 2. The van der Waals surface area contributed by atoms with Crippen LogP contribution in [0, 0.1) is 0 Å². The van der Waals surface area contributed by atoms with Crippen molar-refractivity contribution in [3.8, 4) is 5.69 Å². The SMILES string of the molecule is O=C(CN1CCN(C(=O)c2cnn(-c3cccc(Cl)c3)c2)CC1)Nc1ccccc1Cl. The summed E-state index contributed by atoms with van der Waals surface area (Å²) < 4.78 is 1.63. The standard InChI is InChI=1S/C22H21Cl2N5O2/c23-17-4-3-5-18(12-17)29-14-16(13-25-29)22(31)28-10-8-27(9-11-28)15-21(30)26-20-7-2-1-6-19(20)24/h1-7,12-14H,8-11,15H2,(H,26,30). The van der Waals surface area contributed by atoms with Crippen molar-refractivity contribution in [3.63, 3.8) is 0 Å². The molecule has 31 heavy (non-hydrogen) atoms. The van der Waals surface area contributed by atoms with Crippen molar-refractivity contribution >= 4 is 40.7 Å². The Hall–Kier alpha value is -2.87. The van der Waals surface area contributed by atoms with Crippen LogP contribution in [-0.2, 0) is 4.79 Å². The minimum absolute atomic E-state index is 0.0755. The Kier molecular flexibility index (Phi) is 6.56. The summed E-state index contributed by atoms with van der Waals surface area (Å²) in [5.41, 5.74) is 1.91. The molecular formula is C22H21Cl2N5O2. The van der Waals surface area contributed by atoms with Crippen molar-refractivity contribution in [1.82, 2.24) is 19.6 Å². The first-order valence-electron chi connectivity index (χ1n) is 9.86. The number of rotatable bonds is 5. The number of nitrogens with zero attached hydrogens (tertiary/aromatic N) is 4. The lowest BCUT2D eigenvalue weighted by Gasteiger charge is -2.34. The summed E-state index contributed by atoms with van der Waals surface area (Å²) in [5.74, 6) is -0.205. The van der Waals surface area contributed by atoms with Gasteiger partial charge in [-0.05, 0) is 30.3 Å². The van der Waals surface area contributed by atoms with E-state index in [0.717, 1.165) is 5.69 Å². The molecule has 9 heteroatoms. The van der Waals surface area contributed by atoms with Crippen molar-refractivity contribution in [2.24, 2.45) is 0 Å². The van der Waals surface area contributed by atoms with Crippen molar-refractivity contribution in [3.05, 3.63) is 76.5 Å². The molecule has 2 amide bonds. The molecule has 0 radical (unpaired) electrons. The van der Waals surface area contributed by atoms with E-state index in [1.165, 1.54) is 0 Å². The molecule has 1 aliphatic heterocycles.